The second kappa shape index (κ2) is 5.81. The zero-order valence-electron chi connectivity index (χ0n) is 12.6. The van der Waals surface area contributed by atoms with E-state index in [-0.39, 0.29) is 16.0 Å². The molecule has 1 saturated carbocycles. The van der Waals surface area contributed by atoms with Crippen molar-refractivity contribution in [1.82, 2.24) is 9.78 Å². The minimum Gasteiger partial charge on any atom is -0.362 e. The van der Waals surface area contributed by atoms with Crippen LogP contribution in [0.3, 0.4) is 0 Å². The van der Waals surface area contributed by atoms with Crippen molar-refractivity contribution < 1.29 is 4.92 Å². The molecule has 0 spiro atoms. The summed E-state index contributed by atoms with van der Waals surface area (Å²) in [4.78, 5) is 10.6. The Morgan fingerprint density at radius 3 is 2.70 bits per heavy atom. The summed E-state index contributed by atoms with van der Waals surface area (Å²) in [7, 11) is 1.71. The molecule has 6 heteroatoms. The fourth-order valence-corrected chi connectivity index (χ4v) is 3.45. The lowest BCUT2D eigenvalue weighted by atomic mass is 9.78. The number of hydrogen-bond acceptors (Lipinski definition) is 4. The number of nitrogens with one attached hydrogen (secondary N) is 1. The van der Waals surface area contributed by atoms with E-state index in [1.54, 1.807) is 7.05 Å². The average Bonchev–Trinajstić information content (AvgIpc) is 2.93. The van der Waals surface area contributed by atoms with Gasteiger partial charge in [0.1, 0.15) is 6.20 Å². The lowest BCUT2D eigenvalue weighted by Gasteiger charge is -2.31. The Kier molecular flexibility index (Phi) is 4.30. The van der Waals surface area contributed by atoms with Crippen LogP contribution in [0.25, 0.3) is 0 Å². The van der Waals surface area contributed by atoms with Crippen molar-refractivity contribution in [2.75, 3.05) is 11.9 Å². The van der Waals surface area contributed by atoms with Crippen LogP contribution < -0.4 is 5.32 Å². The topological polar surface area (TPSA) is 73.0 Å². The van der Waals surface area contributed by atoms with Gasteiger partial charge in [-0.25, -0.2) is 0 Å². The van der Waals surface area contributed by atoms with E-state index >= 15 is 0 Å². The van der Waals surface area contributed by atoms with Crippen LogP contribution in [-0.2, 0) is 7.05 Å². The standard InChI is InChI=1S/C14H24N4O2/c1-11(2)8-14(6-4-5-7-14)10-15-13-12(18(19)20)9-17(3)16-13/h9,11H,4-8,10H2,1-3H3,(H,15,16). The molecule has 1 heterocycles. The van der Waals surface area contributed by atoms with Gasteiger partial charge in [-0.3, -0.25) is 14.8 Å². The van der Waals surface area contributed by atoms with E-state index in [2.05, 4.69) is 24.3 Å². The second-order valence-electron chi connectivity index (χ2n) is 6.45. The maximum atomic E-state index is 11.0. The predicted octanol–water partition coefficient (Wildman–Crippen LogP) is 3.35. The molecule has 1 aromatic heterocycles. The Balaban J connectivity index is 2.08. The number of nitrogens with zero attached hydrogens (tertiary/aromatic N) is 3. The summed E-state index contributed by atoms with van der Waals surface area (Å²) in [5.74, 6) is 1.04. The summed E-state index contributed by atoms with van der Waals surface area (Å²) >= 11 is 0. The Hall–Kier alpha value is -1.59. The molecule has 0 saturated heterocycles. The van der Waals surface area contributed by atoms with Crippen molar-refractivity contribution in [3.63, 3.8) is 0 Å². The highest BCUT2D eigenvalue weighted by atomic mass is 16.6. The zero-order valence-corrected chi connectivity index (χ0v) is 12.6. The van der Waals surface area contributed by atoms with Gasteiger partial charge in [-0.05, 0) is 30.6 Å². The van der Waals surface area contributed by atoms with Crippen LogP contribution in [0, 0.1) is 21.4 Å². The first-order valence-electron chi connectivity index (χ1n) is 7.34. The highest BCUT2D eigenvalue weighted by molar-refractivity contribution is 5.54. The summed E-state index contributed by atoms with van der Waals surface area (Å²) in [5, 5.41) is 18.4. The fraction of sp³-hybridized carbons (Fsp3) is 0.786. The third-order valence-corrected chi connectivity index (χ3v) is 4.14. The van der Waals surface area contributed by atoms with Crippen molar-refractivity contribution >= 4 is 11.5 Å². The molecule has 0 radical (unpaired) electrons. The number of rotatable bonds is 6. The lowest BCUT2D eigenvalue weighted by Crippen LogP contribution is -2.28. The molecule has 0 aromatic carbocycles. The molecule has 1 aliphatic rings. The molecule has 0 aliphatic heterocycles. The fourth-order valence-electron chi connectivity index (χ4n) is 3.45. The summed E-state index contributed by atoms with van der Waals surface area (Å²) in [6.07, 6.45) is 7.56. The molecule has 6 nitrogen and oxygen atoms in total. The molecular weight excluding hydrogens is 256 g/mol. The van der Waals surface area contributed by atoms with Crippen LogP contribution in [0.15, 0.2) is 6.20 Å². The monoisotopic (exact) mass is 280 g/mol. The molecule has 112 valence electrons. The van der Waals surface area contributed by atoms with Gasteiger partial charge < -0.3 is 5.32 Å². The normalized spacial score (nSPS) is 17.6. The maximum Gasteiger partial charge on any atom is 0.330 e. The highest BCUT2D eigenvalue weighted by Crippen LogP contribution is 2.43. The Bertz CT molecular complexity index is 476. The van der Waals surface area contributed by atoms with Gasteiger partial charge in [0.25, 0.3) is 0 Å². The average molecular weight is 280 g/mol. The van der Waals surface area contributed by atoms with Gasteiger partial charge in [-0.1, -0.05) is 26.7 Å². The summed E-state index contributed by atoms with van der Waals surface area (Å²) in [5.41, 5.74) is 0.338. The van der Waals surface area contributed by atoms with Crippen molar-refractivity contribution in [1.29, 1.82) is 0 Å². The summed E-state index contributed by atoms with van der Waals surface area (Å²) in [6, 6.07) is 0. The highest BCUT2D eigenvalue weighted by Gasteiger charge is 2.35. The first-order chi connectivity index (χ1) is 9.42. The molecule has 1 fully saturated rings. The Morgan fingerprint density at radius 2 is 2.15 bits per heavy atom. The van der Waals surface area contributed by atoms with Crippen molar-refractivity contribution in [3.05, 3.63) is 16.3 Å². The first-order valence-corrected chi connectivity index (χ1v) is 7.34. The van der Waals surface area contributed by atoms with Crippen LogP contribution in [0.1, 0.15) is 46.0 Å². The van der Waals surface area contributed by atoms with Gasteiger partial charge in [0.05, 0.1) is 4.92 Å². The van der Waals surface area contributed by atoms with Crippen LogP contribution in [0.4, 0.5) is 11.5 Å². The number of anilines is 1. The molecule has 20 heavy (non-hydrogen) atoms. The lowest BCUT2D eigenvalue weighted by molar-refractivity contribution is -0.384. The van der Waals surface area contributed by atoms with E-state index in [0.29, 0.717) is 11.7 Å². The van der Waals surface area contributed by atoms with Crippen molar-refractivity contribution in [2.45, 2.75) is 46.0 Å². The Labute approximate surface area is 119 Å². The van der Waals surface area contributed by atoms with Gasteiger partial charge >= 0.3 is 5.69 Å². The number of nitro groups is 1. The van der Waals surface area contributed by atoms with Crippen LogP contribution >= 0.6 is 0 Å². The molecule has 0 bridgehead atoms. The maximum absolute atomic E-state index is 11.0. The van der Waals surface area contributed by atoms with Gasteiger partial charge in [-0.2, -0.15) is 0 Å². The van der Waals surface area contributed by atoms with Gasteiger partial charge in [0.2, 0.25) is 5.82 Å². The molecular formula is C14H24N4O2. The van der Waals surface area contributed by atoms with Crippen molar-refractivity contribution in [2.24, 2.45) is 18.4 Å². The molecule has 1 aliphatic carbocycles. The van der Waals surface area contributed by atoms with Crippen LogP contribution in [0.5, 0.6) is 0 Å². The van der Waals surface area contributed by atoms with E-state index in [0.717, 1.165) is 6.54 Å². The number of hydrogen-bond donors (Lipinski definition) is 1. The van der Waals surface area contributed by atoms with Gasteiger partial charge in [0.15, 0.2) is 0 Å². The van der Waals surface area contributed by atoms with Crippen molar-refractivity contribution in [3.8, 4) is 0 Å². The number of aromatic nitrogens is 2. The molecule has 0 atom stereocenters. The van der Waals surface area contributed by atoms with E-state index in [4.69, 9.17) is 0 Å². The van der Waals surface area contributed by atoms with E-state index in [9.17, 15) is 10.1 Å². The van der Waals surface area contributed by atoms with Gasteiger partial charge in [-0.15, -0.1) is 5.10 Å². The molecule has 1 aromatic rings. The SMILES string of the molecule is CC(C)CC1(CNc2nn(C)cc2[N+](=O)[O-])CCCC1. The molecule has 0 amide bonds. The molecule has 1 N–H and O–H groups in total. The van der Waals surface area contributed by atoms with E-state index < -0.39 is 0 Å². The van der Waals surface area contributed by atoms with Crippen LogP contribution in [-0.4, -0.2) is 21.2 Å². The predicted molar refractivity (Wildman–Crippen MR) is 78.7 cm³/mol. The van der Waals surface area contributed by atoms with E-state index in [1.807, 2.05) is 0 Å². The number of aryl methyl sites for hydroxylation is 1. The smallest absolute Gasteiger partial charge is 0.330 e. The van der Waals surface area contributed by atoms with Gasteiger partial charge in [0, 0.05) is 13.6 Å². The quantitative estimate of drug-likeness (QED) is 0.640. The largest absolute Gasteiger partial charge is 0.362 e. The first kappa shape index (κ1) is 14.8. The third-order valence-electron chi connectivity index (χ3n) is 4.14. The van der Waals surface area contributed by atoms with E-state index in [1.165, 1.54) is 43.0 Å². The minimum absolute atomic E-state index is 0.0604. The molecule has 2 rings (SSSR count). The second-order valence-corrected chi connectivity index (χ2v) is 6.45. The molecule has 0 unspecified atom stereocenters. The third kappa shape index (κ3) is 3.29. The Morgan fingerprint density at radius 1 is 1.50 bits per heavy atom. The summed E-state index contributed by atoms with van der Waals surface area (Å²) < 4.78 is 1.49. The minimum atomic E-state index is -0.376. The summed E-state index contributed by atoms with van der Waals surface area (Å²) in [6.45, 7) is 5.26. The van der Waals surface area contributed by atoms with Crippen LogP contribution in [0.2, 0.25) is 0 Å². The zero-order chi connectivity index (χ0) is 14.8.